The minimum absolute atomic E-state index is 0.322. The Bertz CT molecular complexity index is 2950. The fourth-order valence-electron chi connectivity index (χ4n) is 26.4. The van der Waals surface area contributed by atoms with Gasteiger partial charge in [0.1, 0.15) is 0 Å². The summed E-state index contributed by atoms with van der Waals surface area (Å²) < 4.78 is 0. The summed E-state index contributed by atoms with van der Waals surface area (Å²) in [5.41, 5.74) is 30.3. The third-order valence-corrected chi connectivity index (χ3v) is 32.9. The lowest BCUT2D eigenvalue weighted by Crippen LogP contribution is -2.15. The molecular weight excluding hydrogens is 1320 g/mol. The van der Waals surface area contributed by atoms with Crippen LogP contribution in [0.15, 0.2) is 109 Å². The van der Waals surface area contributed by atoms with E-state index in [4.69, 9.17) is 0 Å². The van der Waals surface area contributed by atoms with E-state index in [9.17, 15) is 0 Å². The largest absolute Gasteiger partial charge is 0.0552 e. The molecule has 12 aliphatic carbocycles. The van der Waals surface area contributed by atoms with Gasteiger partial charge in [-0.2, -0.15) is 0 Å². The topological polar surface area (TPSA) is 0 Å². The summed E-state index contributed by atoms with van der Waals surface area (Å²) in [4.78, 5) is 0. The second-order valence-corrected chi connectivity index (χ2v) is 40.5. The quantitative estimate of drug-likeness (QED) is 0.0753. The molecule has 0 unspecified atom stereocenters. The van der Waals surface area contributed by atoms with E-state index in [0.29, 0.717) is 11.8 Å². The maximum atomic E-state index is 2.80. The lowest BCUT2D eigenvalue weighted by atomic mass is 9.73. The zero-order valence-electron chi connectivity index (χ0n) is 69.9. The van der Waals surface area contributed by atoms with Gasteiger partial charge in [-0.05, 0) is 325 Å². The molecule has 0 saturated heterocycles. The van der Waals surface area contributed by atoms with Gasteiger partial charge in [-0.25, -0.2) is 0 Å². The van der Waals surface area contributed by atoms with E-state index in [0.717, 1.165) is 71.0 Å². The predicted octanol–water partition coefficient (Wildman–Crippen LogP) is 34.3. The molecule has 0 N–H and O–H groups in total. The van der Waals surface area contributed by atoms with Crippen molar-refractivity contribution in [1.29, 1.82) is 0 Å². The van der Waals surface area contributed by atoms with Crippen LogP contribution in [0.5, 0.6) is 0 Å². The molecule has 0 spiro atoms. The van der Waals surface area contributed by atoms with E-state index in [1.165, 1.54) is 385 Å². The van der Waals surface area contributed by atoms with Gasteiger partial charge in [-0.1, -0.05) is 340 Å². The number of hydrogen-bond acceptors (Lipinski definition) is 0. The molecule has 12 fully saturated rings. The molecule has 110 heavy (non-hydrogen) atoms. The van der Waals surface area contributed by atoms with Crippen LogP contribution in [0, 0.1) is 0 Å². The van der Waals surface area contributed by atoms with Crippen molar-refractivity contribution in [2.75, 3.05) is 0 Å². The normalized spacial score (nSPS) is 23.7. The van der Waals surface area contributed by atoms with Gasteiger partial charge in [0, 0.05) is 11.8 Å². The van der Waals surface area contributed by atoms with E-state index in [1.807, 2.05) is 0 Å². The van der Waals surface area contributed by atoms with E-state index in [2.05, 4.69) is 109 Å². The fourth-order valence-corrected chi connectivity index (χ4v) is 26.4. The third kappa shape index (κ3) is 19.5. The molecule has 592 valence electrons. The Kier molecular flexibility index (Phi) is 27.5. The molecule has 0 radical (unpaired) electrons. The zero-order chi connectivity index (χ0) is 73.6. The van der Waals surface area contributed by atoms with Crippen molar-refractivity contribution >= 4 is 0 Å². The smallest absolute Gasteiger partial charge is 0.0340 e. The van der Waals surface area contributed by atoms with Gasteiger partial charge in [0.25, 0.3) is 0 Å². The van der Waals surface area contributed by atoms with E-state index < -0.39 is 0 Å². The van der Waals surface area contributed by atoms with Gasteiger partial charge in [0.2, 0.25) is 0 Å². The standard InChI is InChI=1S/2C55H76/c2*1-7-19-40(20-8-1)46-31-47(41-21-9-2-10-22-41)35-52(34-46)55(53-36-48(42-23-11-3-12-24-42)32-49(37-53)43-25-13-4-14-26-43)54-38-50(44-27-15-5-16-28-44)33-51(39-54)45-29-17-6-18-30-45/h2*31-45,55H,1-30H2. The first-order chi connectivity index (χ1) is 54.5. The van der Waals surface area contributed by atoms with Crippen LogP contribution >= 0.6 is 0 Å². The van der Waals surface area contributed by atoms with Crippen LogP contribution in [0.1, 0.15) is 568 Å². The molecule has 0 atom stereocenters. The van der Waals surface area contributed by atoms with Crippen molar-refractivity contribution in [2.45, 2.75) is 468 Å². The summed E-state index contributed by atoms with van der Waals surface area (Å²) in [5, 5.41) is 0. The Hall–Kier alpha value is -4.68. The Morgan fingerprint density at radius 3 is 0.273 bits per heavy atom. The van der Waals surface area contributed by atoms with E-state index in [1.54, 1.807) is 100 Å². The molecule has 12 saturated carbocycles. The summed E-state index contributed by atoms with van der Waals surface area (Å²) in [7, 11) is 0. The monoisotopic (exact) mass is 1470 g/mol. The Morgan fingerprint density at radius 1 is 0.109 bits per heavy atom. The van der Waals surface area contributed by atoms with Gasteiger partial charge in [0.05, 0.1) is 0 Å². The average Bonchev–Trinajstić information content (AvgIpc) is 0.767. The number of benzene rings is 6. The molecule has 0 nitrogen and oxygen atoms in total. The molecule has 0 bridgehead atoms. The maximum Gasteiger partial charge on any atom is 0.0340 e. The summed E-state index contributed by atoms with van der Waals surface area (Å²) >= 11 is 0. The zero-order valence-corrected chi connectivity index (χ0v) is 69.9. The van der Waals surface area contributed by atoms with Gasteiger partial charge >= 0.3 is 0 Å². The summed E-state index contributed by atoms with van der Waals surface area (Å²) in [6.07, 6.45) is 84.6. The minimum atomic E-state index is 0.322. The molecule has 6 aromatic rings. The summed E-state index contributed by atoms with van der Waals surface area (Å²) in [6, 6.07) is 50.1. The van der Waals surface area contributed by atoms with Crippen LogP contribution in [0.2, 0.25) is 0 Å². The van der Waals surface area contributed by atoms with Crippen LogP contribution in [-0.2, 0) is 0 Å². The SMILES string of the molecule is c1c(C2CCCCC2)cc(C(c2cc(C3CCCCC3)cc(C3CCCCC3)c2)c2cc(C3CCCCC3)cc(C3CCCCC3)c2)cc1C1CCCCC1.c1c(C2CCCCC2)cc(C(c2cc(C3CCCCC3)cc(C3CCCCC3)c2)c2cc(C3CCCCC3)cc(C3CCCCC3)c2)cc1C1CCCCC1. The molecule has 12 aliphatic rings. The first-order valence-corrected chi connectivity index (χ1v) is 49.4. The molecule has 0 heterocycles. The highest BCUT2D eigenvalue weighted by molar-refractivity contribution is 5.55. The van der Waals surface area contributed by atoms with Crippen molar-refractivity contribution in [1.82, 2.24) is 0 Å². The highest BCUT2D eigenvalue weighted by Gasteiger charge is 2.34. The van der Waals surface area contributed by atoms with Crippen LogP contribution < -0.4 is 0 Å². The number of rotatable bonds is 18. The number of hydrogen-bond donors (Lipinski definition) is 0. The molecule has 0 heteroatoms. The predicted molar refractivity (Wildman–Crippen MR) is 470 cm³/mol. The third-order valence-electron chi connectivity index (χ3n) is 32.9. The second kappa shape index (κ2) is 38.8. The fraction of sp³-hybridized carbons (Fsp3) is 0.673. The molecular formula is C110H152. The Labute approximate surface area is 673 Å². The molecule has 6 aromatic carbocycles. The van der Waals surface area contributed by atoms with Crippen molar-refractivity contribution in [3.05, 3.63) is 209 Å². The molecule has 0 amide bonds. The van der Waals surface area contributed by atoms with Crippen molar-refractivity contribution in [2.24, 2.45) is 0 Å². The van der Waals surface area contributed by atoms with Gasteiger partial charge in [-0.3, -0.25) is 0 Å². The highest BCUT2D eigenvalue weighted by Crippen LogP contribution is 2.52. The Morgan fingerprint density at radius 2 is 0.191 bits per heavy atom. The maximum absolute atomic E-state index is 2.80. The summed E-state index contributed by atoms with van der Waals surface area (Å²) in [5.74, 6) is 9.58. The molecule has 0 aromatic heterocycles. The van der Waals surface area contributed by atoms with Crippen LogP contribution in [0.3, 0.4) is 0 Å². The molecule has 0 aliphatic heterocycles. The van der Waals surface area contributed by atoms with Gasteiger partial charge in [-0.15, -0.1) is 0 Å². The minimum Gasteiger partial charge on any atom is -0.0552 e. The average molecular weight is 1470 g/mol. The highest BCUT2D eigenvalue weighted by atomic mass is 14.4. The Balaban J connectivity index is 0.000000160. The summed E-state index contributed by atoms with van der Waals surface area (Å²) in [6.45, 7) is 0. The van der Waals surface area contributed by atoms with Crippen molar-refractivity contribution in [3.8, 4) is 0 Å². The van der Waals surface area contributed by atoms with Gasteiger partial charge < -0.3 is 0 Å². The molecule has 18 rings (SSSR count). The van der Waals surface area contributed by atoms with E-state index >= 15 is 0 Å². The first kappa shape index (κ1) is 77.9. The van der Waals surface area contributed by atoms with Crippen LogP contribution in [0.4, 0.5) is 0 Å². The second-order valence-electron chi connectivity index (χ2n) is 40.5. The lowest BCUT2D eigenvalue weighted by Gasteiger charge is -2.32. The lowest BCUT2D eigenvalue weighted by molar-refractivity contribution is 0.433. The van der Waals surface area contributed by atoms with Crippen LogP contribution in [0.25, 0.3) is 0 Å². The van der Waals surface area contributed by atoms with E-state index in [-0.39, 0.29) is 0 Å². The van der Waals surface area contributed by atoms with Crippen LogP contribution in [-0.4, -0.2) is 0 Å². The van der Waals surface area contributed by atoms with Crippen molar-refractivity contribution < 1.29 is 0 Å². The first-order valence-electron chi connectivity index (χ1n) is 49.4. The van der Waals surface area contributed by atoms with Crippen molar-refractivity contribution in [3.63, 3.8) is 0 Å². The van der Waals surface area contributed by atoms with Gasteiger partial charge in [0.15, 0.2) is 0 Å².